The Morgan fingerprint density at radius 3 is 2.21 bits per heavy atom. The van der Waals surface area contributed by atoms with Crippen molar-refractivity contribution >= 4 is 11.8 Å². The van der Waals surface area contributed by atoms with Crippen molar-refractivity contribution in [1.82, 2.24) is 9.80 Å². The fourth-order valence-corrected chi connectivity index (χ4v) is 2.72. The normalized spacial score (nSPS) is 15.8. The second-order valence-corrected chi connectivity index (χ2v) is 5.92. The molecule has 1 aliphatic heterocycles. The van der Waals surface area contributed by atoms with Gasteiger partial charge in [0, 0.05) is 44.2 Å². The van der Waals surface area contributed by atoms with Gasteiger partial charge in [-0.1, -0.05) is 0 Å². The zero-order chi connectivity index (χ0) is 17.7. The van der Waals surface area contributed by atoms with Gasteiger partial charge < -0.3 is 25.0 Å². The van der Waals surface area contributed by atoms with Gasteiger partial charge in [0.25, 0.3) is 5.91 Å². The maximum Gasteiger partial charge on any atom is 0.254 e. The highest BCUT2D eigenvalue weighted by Gasteiger charge is 2.25. The van der Waals surface area contributed by atoms with Crippen molar-refractivity contribution in [2.24, 2.45) is 5.73 Å². The summed E-state index contributed by atoms with van der Waals surface area (Å²) in [6.45, 7) is 3.90. The summed E-state index contributed by atoms with van der Waals surface area (Å²) in [6.07, 6.45) is 0.337. The highest BCUT2D eigenvalue weighted by molar-refractivity contribution is 5.95. The lowest BCUT2D eigenvalue weighted by atomic mass is 10.1. The van der Waals surface area contributed by atoms with Crippen LogP contribution in [0.3, 0.4) is 0 Å². The summed E-state index contributed by atoms with van der Waals surface area (Å²) < 4.78 is 10.4. The number of hydrogen-bond donors (Lipinski definition) is 1. The van der Waals surface area contributed by atoms with E-state index in [0.717, 1.165) is 0 Å². The van der Waals surface area contributed by atoms with E-state index in [0.29, 0.717) is 49.7 Å². The molecule has 1 aromatic carbocycles. The van der Waals surface area contributed by atoms with E-state index in [1.54, 1.807) is 35.1 Å². The summed E-state index contributed by atoms with van der Waals surface area (Å²) in [4.78, 5) is 28.2. The minimum atomic E-state index is -0.149. The van der Waals surface area contributed by atoms with Crippen LogP contribution in [-0.2, 0) is 4.79 Å². The summed E-state index contributed by atoms with van der Waals surface area (Å²) >= 11 is 0. The van der Waals surface area contributed by atoms with Gasteiger partial charge in [0.2, 0.25) is 5.91 Å². The molecule has 0 aromatic heterocycles. The number of nitrogens with zero attached hydrogens (tertiary/aromatic N) is 2. The molecule has 0 radical (unpaired) electrons. The molecule has 1 heterocycles. The summed E-state index contributed by atoms with van der Waals surface area (Å²) in [6, 6.07) is 4.96. The summed E-state index contributed by atoms with van der Waals surface area (Å²) in [5.74, 6) is 1.08. The number of amides is 2. The van der Waals surface area contributed by atoms with Crippen molar-refractivity contribution in [1.29, 1.82) is 0 Å². The maximum absolute atomic E-state index is 12.6. The molecular formula is C17H25N3O4. The van der Waals surface area contributed by atoms with E-state index in [-0.39, 0.29) is 17.9 Å². The van der Waals surface area contributed by atoms with Crippen LogP contribution in [0.2, 0.25) is 0 Å². The molecule has 0 spiro atoms. The Labute approximate surface area is 142 Å². The van der Waals surface area contributed by atoms with Gasteiger partial charge in [-0.25, -0.2) is 0 Å². The molecule has 1 atom stereocenters. The van der Waals surface area contributed by atoms with Gasteiger partial charge in [-0.15, -0.1) is 0 Å². The average Bonchev–Trinajstić information content (AvgIpc) is 2.60. The molecule has 24 heavy (non-hydrogen) atoms. The van der Waals surface area contributed by atoms with E-state index in [9.17, 15) is 9.59 Å². The van der Waals surface area contributed by atoms with Crippen molar-refractivity contribution in [3.05, 3.63) is 23.8 Å². The molecule has 1 aromatic rings. The maximum atomic E-state index is 12.6. The summed E-state index contributed by atoms with van der Waals surface area (Å²) in [5, 5.41) is 0. The Morgan fingerprint density at radius 1 is 1.08 bits per heavy atom. The van der Waals surface area contributed by atoms with Gasteiger partial charge in [-0.05, 0) is 25.1 Å². The molecule has 2 amide bonds. The average molecular weight is 335 g/mol. The minimum absolute atomic E-state index is 0.0446. The van der Waals surface area contributed by atoms with Gasteiger partial charge in [0.05, 0.1) is 14.2 Å². The first-order valence-corrected chi connectivity index (χ1v) is 8.01. The van der Waals surface area contributed by atoms with Crippen molar-refractivity contribution in [3.8, 4) is 11.5 Å². The van der Waals surface area contributed by atoms with Gasteiger partial charge in [-0.2, -0.15) is 0 Å². The number of piperazine rings is 1. The van der Waals surface area contributed by atoms with Crippen LogP contribution in [0.1, 0.15) is 23.7 Å². The molecule has 132 valence electrons. The molecule has 1 saturated heterocycles. The molecule has 0 saturated carbocycles. The Bertz CT molecular complexity index is 595. The fourth-order valence-electron chi connectivity index (χ4n) is 2.72. The molecule has 0 aliphatic carbocycles. The van der Waals surface area contributed by atoms with Crippen LogP contribution in [0.25, 0.3) is 0 Å². The Balaban J connectivity index is 1.99. The Morgan fingerprint density at radius 2 is 1.67 bits per heavy atom. The number of ether oxygens (including phenoxy) is 2. The molecule has 2 rings (SSSR count). The highest BCUT2D eigenvalue weighted by atomic mass is 16.5. The van der Waals surface area contributed by atoms with Crippen LogP contribution in [0.15, 0.2) is 18.2 Å². The van der Waals surface area contributed by atoms with E-state index < -0.39 is 0 Å². The summed E-state index contributed by atoms with van der Waals surface area (Å²) in [5.41, 5.74) is 6.21. The second-order valence-electron chi connectivity index (χ2n) is 5.92. The molecular weight excluding hydrogens is 310 g/mol. The third-order valence-corrected chi connectivity index (χ3v) is 4.05. The van der Waals surface area contributed by atoms with Crippen LogP contribution < -0.4 is 15.2 Å². The van der Waals surface area contributed by atoms with E-state index >= 15 is 0 Å². The lowest BCUT2D eigenvalue weighted by Gasteiger charge is -2.35. The van der Waals surface area contributed by atoms with Crippen LogP contribution in [0.4, 0.5) is 0 Å². The lowest BCUT2D eigenvalue weighted by molar-refractivity contribution is -0.132. The van der Waals surface area contributed by atoms with Crippen molar-refractivity contribution < 1.29 is 19.1 Å². The van der Waals surface area contributed by atoms with Gasteiger partial charge >= 0.3 is 0 Å². The van der Waals surface area contributed by atoms with Gasteiger partial charge in [-0.3, -0.25) is 9.59 Å². The predicted octanol–water partition coefficient (Wildman–Crippen LogP) is 0.726. The number of nitrogens with two attached hydrogens (primary N) is 1. The van der Waals surface area contributed by atoms with E-state index in [1.165, 1.54) is 7.11 Å². The van der Waals surface area contributed by atoms with Crippen LogP contribution in [-0.4, -0.2) is 68.1 Å². The lowest BCUT2D eigenvalue weighted by Crippen LogP contribution is -2.51. The van der Waals surface area contributed by atoms with Crippen molar-refractivity contribution in [2.45, 2.75) is 19.4 Å². The first-order valence-electron chi connectivity index (χ1n) is 8.01. The van der Waals surface area contributed by atoms with E-state index in [1.807, 2.05) is 6.92 Å². The minimum Gasteiger partial charge on any atom is -0.493 e. The number of rotatable bonds is 5. The highest BCUT2D eigenvalue weighted by Crippen LogP contribution is 2.28. The standard InChI is InChI=1S/C17H25N3O4/c1-12(18)10-16(21)19-6-8-20(9-7-19)17(22)13-4-5-14(23-2)15(11-13)24-3/h4-5,11-12H,6-10,18H2,1-3H3. The first-order chi connectivity index (χ1) is 11.5. The van der Waals surface area contributed by atoms with Crippen molar-refractivity contribution in [3.63, 3.8) is 0 Å². The third kappa shape index (κ3) is 4.17. The number of carbonyl (C=O) groups excluding carboxylic acids is 2. The molecule has 1 unspecified atom stereocenters. The molecule has 1 fully saturated rings. The Hall–Kier alpha value is -2.28. The second kappa shape index (κ2) is 8.01. The van der Waals surface area contributed by atoms with Crippen LogP contribution in [0.5, 0.6) is 11.5 Å². The zero-order valence-electron chi connectivity index (χ0n) is 14.4. The number of carbonyl (C=O) groups is 2. The molecule has 2 N–H and O–H groups in total. The van der Waals surface area contributed by atoms with Crippen molar-refractivity contribution in [2.75, 3.05) is 40.4 Å². The molecule has 7 nitrogen and oxygen atoms in total. The predicted molar refractivity (Wildman–Crippen MR) is 90.3 cm³/mol. The Kier molecular flexibility index (Phi) is 6.03. The van der Waals surface area contributed by atoms with E-state index in [2.05, 4.69) is 0 Å². The molecule has 0 bridgehead atoms. The van der Waals surface area contributed by atoms with Crippen LogP contribution in [0, 0.1) is 0 Å². The monoisotopic (exact) mass is 335 g/mol. The largest absolute Gasteiger partial charge is 0.493 e. The van der Waals surface area contributed by atoms with Crippen LogP contribution >= 0.6 is 0 Å². The fraction of sp³-hybridized carbons (Fsp3) is 0.529. The zero-order valence-corrected chi connectivity index (χ0v) is 14.4. The number of benzene rings is 1. The molecule has 7 heteroatoms. The smallest absolute Gasteiger partial charge is 0.254 e. The van der Waals surface area contributed by atoms with E-state index in [4.69, 9.17) is 15.2 Å². The topological polar surface area (TPSA) is 85.1 Å². The SMILES string of the molecule is COc1ccc(C(=O)N2CCN(C(=O)CC(C)N)CC2)cc1OC. The first kappa shape index (κ1) is 18.1. The van der Waals surface area contributed by atoms with Gasteiger partial charge in [0.15, 0.2) is 11.5 Å². The van der Waals surface area contributed by atoms with Gasteiger partial charge in [0.1, 0.15) is 0 Å². The summed E-state index contributed by atoms with van der Waals surface area (Å²) in [7, 11) is 3.09. The molecule has 1 aliphatic rings. The number of methoxy groups -OCH3 is 2. The third-order valence-electron chi connectivity index (χ3n) is 4.05. The quantitative estimate of drug-likeness (QED) is 0.857. The number of hydrogen-bond acceptors (Lipinski definition) is 5.